The van der Waals surface area contributed by atoms with Crippen molar-refractivity contribution in [1.29, 1.82) is 0 Å². The molecule has 0 unspecified atom stereocenters. The molecule has 6 nitrogen and oxygen atoms in total. The largest absolute Gasteiger partial charge is 0.493 e. The molecule has 4 rings (SSSR count). The van der Waals surface area contributed by atoms with Gasteiger partial charge in [0.1, 0.15) is 12.4 Å². The van der Waals surface area contributed by atoms with Crippen LogP contribution in [0.4, 0.5) is 4.39 Å². The van der Waals surface area contributed by atoms with Gasteiger partial charge in [-0.1, -0.05) is 39.7 Å². The maximum absolute atomic E-state index is 13.1. The van der Waals surface area contributed by atoms with E-state index in [4.69, 9.17) is 21.1 Å². The highest BCUT2D eigenvalue weighted by Gasteiger charge is 2.25. The fourth-order valence-corrected chi connectivity index (χ4v) is 4.42. The van der Waals surface area contributed by atoms with Gasteiger partial charge in [-0.05, 0) is 77.5 Å². The van der Waals surface area contributed by atoms with Crippen LogP contribution in [0.25, 0.3) is 6.08 Å². The van der Waals surface area contributed by atoms with E-state index in [2.05, 4.69) is 26.2 Å². The summed E-state index contributed by atoms with van der Waals surface area (Å²) >= 11 is 10.4. The zero-order valence-corrected chi connectivity index (χ0v) is 21.3. The molecule has 0 radical (unpaired) electrons. The van der Waals surface area contributed by atoms with Gasteiger partial charge >= 0.3 is 0 Å². The van der Waals surface area contributed by atoms with E-state index in [1.807, 2.05) is 0 Å². The highest BCUT2D eigenvalue weighted by Crippen LogP contribution is 2.37. The summed E-state index contributed by atoms with van der Waals surface area (Å²) in [7, 11) is 1.51. The molecular formula is C25H17BrClFN2O4S. The van der Waals surface area contributed by atoms with Crippen LogP contribution in [0.5, 0.6) is 11.5 Å². The number of rotatable bonds is 6. The minimum atomic E-state index is -0.490. The molecule has 0 spiro atoms. The third-order valence-corrected chi connectivity index (χ3v) is 6.67. The van der Waals surface area contributed by atoms with E-state index in [0.29, 0.717) is 37.0 Å². The molecule has 0 atom stereocenters. The number of nitrogens with zero attached hydrogens (tertiary/aromatic N) is 1. The van der Waals surface area contributed by atoms with Gasteiger partial charge in [0.25, 0.3) is 11.8 Å². The van der Waals surface area contributed by atoms with Crippen molar-refractivity contribution >= 4 is 62.4 Å². The number of ether oxygens (including phenoxy) is 2. The molecular weight excluding hydrogens is 559 g/mol. The fourth-order valence-electron chi connectivity index (χ4n) is 3.05. The number of nitrogens with one attached hydrogen (secondary N) is 1. The molecule has 0 bridgehead atoms. The summed E-state index contributed by atoms with van der Waals surface area (Å²) < 4.78 is 25.1. The zero-order valence-electron chi connectivity index (χ0n) is 18.2. The third kappa shape index (κ3) is 6.30. The van der Waals surface area contributed by atoms with E-state index in [-0.39, 0.29) is 23.5 Å². The number of benzene rings is 3. The maximum atomic E-state index is 13.1. The molecule has 3 aromatic carbocycles. The number of aliphatic imine (C=N–C) groups is 1. The van der Waals surface area contributed by atoms with Crippen molar-refractivity contribution in [1.82, 2.24) is 5.32 Å². The van der Waals surface area contributed by atoms with Crippen molar-refractivity contribution < 1.29 is 23.5 Å². The first kappa shape index (κ1) is 25.0. The number of amides is 2. The van der Waals surface area contributed by atoms with E-state index in [9.17, 15) is 14.0 Å². The van der Waals surface area contributed by atoms with Crippen LogP contribution in [-0.2, 0) is 11.4 Å². The second-order valence-corrected chi connectivity index (χ2v) is 9.55. The Bertz CT molecular complexity index is 1340. The monoisotopic (exact) mass is 574 g/mol. The summed E-state index contributed by atoms with van der Waals surface area (Å²) in [6, 6.07) is 15.8. The number of carbonyl (C=O) groups excluding carboxylic acids is 2. The molecule has 1 saturated heterocycles. The number of hydrogen-bond donors (Lipinski definition) is 1. The lowest BCUT2D eigenvalue weighted by atomic mass is 10.1. The van der Waals surface area contributed by atoms with Crippen molar-refractivity contribution in [2.45, 2.75) is 6.61 Å². The summed E-state index contributed by atoms with van der Waals surface area (Å²) in [4.78, 5) is 29.2. The maximum Gasteiger partial charge on any atom is 0.279 e. The molecule has 1 heterocycles. The molecule has 10 heteroatoms. The lowest BCUT2D eigenvalue weighted by Crippen LogP contribution is -2.20. The minimum absolute atomic E-state index is 0.184. The first-order valence-corrected chi connectivity index (χ1v) is 12.2. The number of carbonyl (C=O) groups is 2. The van der Waals surface area contributed by atoms with Crippen molar-refractivity contribution in [3.63, 3.8) is 0 Å². The SMILES string of the molecule is COc1cc(/C=C2\SC(=NC(=O)c3ccc(Cl)cc3)NC2=O)c(Br)cc1OCc1ccc(F)cc1. The molecule has 1 fully saturated rings. The van der Waals surface area contributed by atoms with Crippen LogP contribution in [0, 0.1) is 5.82 Å². The van der Waals surface area contributed by atoms with Crippen molar-refractivity contribution in [2.24, 2.45) is 4.99 Å². The van der Waals surface area contributed by atoms with Crippen LogP contribution in [-0.4, -0.2) is 24.1 Å². The van der Waals surface area contributed by atoms with Crippen molar-refractivity contribution in [3.05, 3.63) is 97.6 Å². The number of hydrogen-bond acceptors (Lipinski definition) is 5. The fraction of sp³-hybridized carbons (Fsp3) is 0.0800. The van der Waals surface area contributed by atoms with Crippen LogP contribution in [0.15, 0.2) is 75.0 Å². The molecule has 35 heavy (non-hydrogen) atoms. The Morgan fingerprint density at radius 2 is 1.86 bits per heavy atom. The average molecular weight is 576 g/mol. The Hall–Kier alpha value is -3.14. The first-order valence-electron chi connectivity index (χ1n) is 10.2. The summed E-state index contributed by atoms with van der Waals surface area (Å²) in [5.41, 5.74) is 1.83. The molecule has 3 aromatic rings. The second-order valence-electron chi connectivity index (χ2n) is 7.23. The van der Waals surface area contributed by atoms with Crippen molar-refractivity contribution in [2.75, 3.05) is 7.11 Å². The van der Waals surface area contributed by atoms with Crippen molar-refractivity contribution in [3.8, 4) is 11.5 Å². The van der Waals surface area contributed by atoms with E-state index in [1.165, 1.54) is 19.2 Å². The molecule has 2 amide bonds. The number of thioether (sulfide) groups is 1. The normalized spacial score (nSPS) is 15.4. The predicted octanol–water partition coefficient (Wildman–Crippen LogP) is 6.23. The summed E-state index contributed by atoms with van der Waals surface area (Å²) in [6.45, 7) is 0.225. The van der Waals surface area contributed by atoms with Crippen LogP contribution < -0.4 is 14.8 Å². The quantitative estimate of drug-likeness (QED) is 0.353. The Kier molecular flexibility index (Phi) is 7.90. The molecule has 178 valence electrons. The van der Waals surface area contributed by atoms with Gasteiger partial charge in [-0.3, -0.25) is 9.59 Å². The van der Waals surface area contributed by atoms with Crippen LogP contribution in [0.3, 0.4) is 0 Å². The molecule has 0 aromatic heterocycles. The van der Waals surface area contributed by atoms with E-state index >= 15 is 0 Å². The lowest BCUT2D eigenvalue weighted by Gasteiger charge is -2.13. The number of methoxy groups -OCH3 is 1. The summed E-state index contributed by atoms with van der Waals surface area (Å²) in [5.74, 6) is -0.248. The van der Waals surface area contributed by atoms with E-state index in [1.54, 1.807) is 54.6 Å². The van der Waals surface area contributed by atoms with Gasteiger partial charge in [-0.15, -0.1) is 0 Å². The van der Waals surface area contributed by atoms with Gasteiger partial charge in [0.05, 0.1) is 12.0 Å². The molecule has 1 N–H and O–H groups in total. The molecule has 1 aliphatic rings. The highest BCUT2D eigenvalue weighted by molar-refractivity contribution is 9.10. The minimum Gasteiger partial charge on any atom is -0.493 e. The standard InChI is InChI=1S/C25H17BrClFN2O4S/c1-33-20-10-16(19(26)12-21(20)34-13-14-2-8-18(28)9-3-14)11-22-24(32)30-25(35-22)29-23(31)15-4-6-17(27)7-5-15/h2-12H,13H2,1H3,(H,29,30,31,32)/b22-11-. The Morgan fingerprint density at radius 3 is 2.54 bits per heavy atom. The van der Waals surface area contributed by atoms with Gasteiger partial charge in [-0.25, -0.2) is 4.39 Å². The molecule has 0 aliphatic carbocycles. The van der Waals surface area contributed by atoms with Gasteiger partial charge in [0, 0.05) is 15.1 Å². The predicted molar refractivity (Wildman–Crippen MR) is 138 cm³/mol. The van der Waals surface area contributed by atoms with Crippen LogP contribution in [0.1, 0.15) is 21.5 Å². The Morgan fingerprint density at radius 1 is 1.14 bits per heavy atom. The van der Waals surface area contributed by atoms with Gasteiger partial charge in [0.2, 0.25) is 0 Å². The molecule has 0 saturated carbocycles. The second kappa shape index (κ2) is 11.1. The van der Waals surface area contributed by atoms with Gasteiger partial charge in [-0.2, -0.15) is 4.99 Å². The van der Waals surface area contributed by atoms with Gasteiger partial charge < -0.3 is 14.8 Å². The zero-order chi connectivity index (χ0) is 24.9. The smallest absolute Gasteiger partial charge is 0.279 e. The first-order chi connectivity index (χ1) is 16.8. The van der Waals surface area contributed by atoms with E-state index < -0.39 is 5.91 Å². The summed E-state index contributed by atoms with van der Waals surface area (Å²) in [6.07, 6.45) is 1.66. The Balaban J connectivity index is 1.51. The van der Waals surface area contributed by atoms with Gasteiger partial charge in [0.15, 0.2) is 16.7 Å². The van der Waals surface area contributed by atoms with Crippen LogP contribution in [0.2, 0.25) is 5.02 Å². The lowest BCUT2D eigenvalue weighted by molar-refractivity contribution is -0.115. The highest BCUT2D eigenvalue weighted by atomic mass is 79.9. The Labute approximate surface area is 218 Å². The van der Waals surface area contributed by atoms with Crippen LogP contribution >= 0.6 is 39.3 Å². The number of halogens is 3. The van der Waals surface area contributed by atoms with E-state index in [0.717, 1.165) is 17.3 Å². The third-order valence-electron chi connectivity index (χ3n) is 4.82. The number of amidine groups is 1. The average Bonchev–Trinajstić information content (AvgIpc) is 3.18. The summed E-state index contributed by atoms with van der Waals surface area (Å²) in [5, 5.41) is 3.29. The molecule has 1 aliphatic heterocycles. The topological polar surface area (TPSA) is 77.0 Å².